The van der Waals surface area contributed by atoms with E-state index in [0.717, 1.165) is 17.2 Å². The Bertz CT molecular complexity index is 704. The third-order valence-electron chi connectivity index (χ3n) is 3.67. The number of halogens is 2. The second-order valence-electron chi connectivity index (χ2n) is 5.05. The molecule has 2 N–H and O–H groups in total. The number of hydrogen-bond donors (Lipinski definition) is 2. The topological polar surface area (TPSA) is 49.3 Å². The number of rotatable bonds is 2. The molecule has 2 aromatic carbocycles. The van der Waals surface area contributed by atoms with Gasteiger partial charge in [0.1, 0.15) is 5.82 Å². The van der Waals surface area contributed by atoms with Gasteiger partial charge < -0.3 is 10.4 Å². The third kappa shape index (κ3) is 2.64. The molecule has 0 radical (unpaired) electrons. The normalized spacial score (nSPS) is 20.1. The van der Waals surface area contributed by atoms with Crippen LogP contribution in [0, 0.1) is 5.82 Å². The molecule has 1 aliphatic carbocycles. The standard InChI is InChI=1S/C16H13ClFNO2/c17-10-5-6-12(13(18)8-10)16(21)19-15-11-4-2-1-3-9(11)7-14(15)20/h1-6,8,14-15,20H,7H2,(H,19,21). The average molecular weight is 306 g/mol. The van der Waals surface area contributed by atoms with Crippen LogP contribution in [0.25, 0.3) is 0 Å². The van der Waals surface area contributed by atoms with Crippen molar-refractivity contribution >= 4 is 17.5 Å². The molecule has 3 rings (SSSR count). The molecule has 21 heavy (non-hydrogen) atoms. The molecule has 0 saturated heterocycles. The minimum absolute atomic E-state index is 0.0871. The quantitative estimate of drug-likeness (QED) is 0.896. The van der Waals surface area contributed by atoms with Gasteiger partial charge in [-0.2, -0.15) is 0 Å². The van der Waals surface area contributed by atoms with Crippen LogP contribution in [-0.4, -0.2) is 17.1 Å². The van der Waals surface area contributed by atoms with Crippen molar-refractivity contribution in [1.29, 1.82) is 0 Å². The van der Waals surface area contributed by atoms with Crippen LogP contribution >= 0.6 is 11.6 Å². The first-order chi connectivity index (χ1) is 10.1. The monoisotopic (exact) mass is 305 g/mol. The summed E-state index contributed by atoms with van der Waals surface area (Å²) in [6, 6.07) is 10.9. The van der Waals surface area contributed by atoms with Crippen molar-refractivity contribution in [2.45, 2.75) is 18.6 Å². The summed E-state index contributed by atoms with van der Waals surface area (Å²) in [4.78, 5) is 12.2. The number of aliphatic hydroxyl groups excluding tert-OH is 1. The minimum atomic E-state index is -0.707. The van der Waals surface area contributed by atoms with Gasteiger partial charge in [0.05, 0.1) is 17.7 Å². The summed E-state index contributed by atoms with van der Waals surface area (Å²) in [5.74, 6) is -1.24. The van der Waals surface area contributed by atoms with Crippen molar-refractivity contribution in [3.8, 4) is 0 Å². The summed E-state index contributed by atoms with van der Waals surface area (Å²) >= 11 is 5.67. The first kappa shape index (κ1) is 14.0. The van der Waals surface area contributed by atoms with Crippen LogP contribution in [0.2, 0.25) is 5.02 Å². The molecular weight excluding hydrogens is 293 g/mol. The number of fused-ring (bicyclic) bond motifs is 1. The van der Waals surface area contributed by atoms with Gasteiger partial charge in [-0.3, -0.25) is 4.79 Å². The molecule has 2 unspecified atom stereocenters. The van der Waals surface area contributed by atoms with E-state index in [-0.39, 0.29) is 10.6 Å². The Morgan fingerprint density at radius 2 is 2.05 bits per heavy atom. The fourth-order valence-electron chi connectivity index (χ4n) is 2.64. The molecule has 0 aliphatic heterocycles. The van der Waals surface area contributed by atoms with Crippen LogP contribution in [0.1, 0.15) is 27.5 Å². The van der Waals surface area contributed by atoms with Gasteiger partial charge in [0.2, 0.25) is 0 Å². The van der Waals surface area contributed by atoms with E-state index in [1.165, 1.54) is 12.1 Å². The van der Waals surface area contributed by atoms with Gasteiger partial charge in [0, 0.05) is 11.4 Å². The Balaban J connectivity index is 1.85. The number of hydrogen-bond acceptors (Lipinski definition) is 2. The first-order valence-corrected chi connectivity index (χ1v) is 6.96. The van der Waals surface area contributed by atoms with Gasteiger partial charge in [-0.25, -0.2) is 4.39 Å². The second-order valence-corrected chi connectivity index (χ2v) is 5.48. The highest BCUT2D eigenvalue weighted by atomic mass is 35.5. The number of nitrogens with one attached hydrogen (secondary N) is 1. The summed E-state index contributed by atoms with van der Waals surface area (Å²) in [6.07, 6.45) is -0.230. The summed E-state index contributed by atoms with van der Waals surface area (Å²) in [7, 11) is 0. The molecule has 5 heteroatoms. The molecule has 0 spiro atoms. The van der Waals surface area contributed by atoms with Gasteiger partial charge in [-0.15, -0.1) is 0 Å². The molecule has 1 amide bonds. The fraction of sp³-hybridized carbons (Fsp3) is 0.188. The number of aliphatic hydroxyl groups is 1. The second kappa shape index (κ2) is 5.47. The van der Waals surface area contributed by atoms with Crippen molar-refractivity contribution in [2.75, 3.05) is 0 Å². The zero-order valence-corrected chi connectivity index (χ0v) is 11.8. The lowest BCUT2D eigenvalue weighted by molar-refractivity contribution is 0.0854. The Morgan fingerprint density at radius 3 is 2.81 bits per heavy atom. The maximum Gasteiger partial charge on any atom is 0.254 e. The molecular formula is C16H13ClFNO2. The van der Waals surface area contributed by atoms with Gasteiger partial charge in [-0.05, 0) is 29.3 Å². The predicted octanol–water partition coefficient (Wildman–Crippen LogP) is 2.87. The zero-order chi connectivity index (χ0) is 15.0. The van der Waals surface area contributed by atoms with Crippen molar-refractivity contribution in [3.63, 3.8) is 0 Å². The maximum absolute atomic E-state index is 13.8. The highest BCUT2D eigenvalue weighted by Crippen LogP contribution is 2.31. The van der Waals surface area contributed by atoms with Gasteiger partial charge >= 0.3 is 0 Å². The van der Waals surface area contributed by atoms with Crippen molar-refractivity contribution in [1.82, 2.24) is 5.32 Å². The molecule has 1 aliphatic rings. The van der Waals surface area contributed by atoms with E-state index >= 15 is 0 Å². The highest BCUT2D eigenvalue weighted by molar-refractivity contribution is 6.30. The SMILES string of the molecule is O=C(NC1c2ccccc2CC1O)c1ccc(Cl)cc1F. The molecule has 0 aromatic heterocycles. The van der Waals surface area contributed by atoms with Gasteiger partial charge in [-0.1, -0.05) is 35.9 Å². The van der Waals surface area contributed by atoms with E-state index in [0.29, 0.717) is 6.42 Å². The van der Waals surface area contributed by atoms with Crippen LogP contribution in [0.15, 0.2) is 42.5 Å². The number of carbonyl (C=O) groups is 1. The summed E-state index contributed by atoms with van der Waals surface area (Å²) in [5.41, 5.74) is 1.77. The van der Waals surface area contributed by atoms with E-state index in [2.05, 4.69) is 5.32 Å². The largest absolute Gasteiger partial charge is 0.390 e. The fourth-order valence-corrected chi connectivity index (χ4v) is 2.80. The Morgan fingerprint density at radius 1 is 1.29 bits per heavy atom. The average Bonchev–Trinajstić information content (AvgIpc) is 2.75. The number of benzene rings is 2. The van der Waals surface area contributed by atoms with Crippen molar-refractivity contribution in [3.05, 3.63) is 70.0 Å². The van der Waals surface area contributed by atoms with E-state index in [1.54, 1.807) is 0 Å². The van der Waals surface area contributed by atoms with Gasteiger partial charge in [0.15, 0.2) is 0 Å². The minimum Gasteiger partial charge on any atom is -0.390 e. The Labute approximate surface area is 126 Å². The smallest absolute Gasteiger partial charge is 0.254 e. The van der Waals surface area contributed by atoms with E-state index in [1.807, 2.05) is 24.3 Å². The number of carbonyl (C=O) groups excluding carboxylic acids is 1. The Kier molecular flexibility index (Phi) is 3.66. The molecule has 0 bridgehead atoms. The molecule has 0 heterocycles. The summed E-state index contributed by atoms with van der Waals surface area (Å²) in [5, 5.41) is 13.0. The Hall–Kier alpha value is -1.91. The lowest BCUT2D eigenvalue weighted by Crippen LogP contribution is -2.34. The van der Waals surface area contributed by atoms with Crippen LogP contribution in [0.5, 0.6) is 0 Å². The van der Waals surface area contributed by atoms with Crippen LogP contribution < -0.4 is 5.32 Å². The lowest BCUT2D eigenvalue weighted by atomic mass is 10.1. The molecule has 108 valence electrons. The van der Waals surface area contributed by atoms with E-state index < -0.39 is 23.9 Å². The van der Waals surface area contributed by atoms with Gasteiger partial charge in [0.25, 0.3) is 5.91 Å². The molecule has 0 fully saturated rings. The maximum atomic E-state index is 13.8. The third-order valence-corrected chi connectivity index (χ3v) is 3.90. The first-order valence-electron chi connectivity index (χ1n) is 6.58. The summed E-state index contributed by atoms with van der Waals surface area (Å²) in [6.45, 7) is 0. The molecule has 2 atom stereocenters. The van der Waals surface area contributed by atoms with Crippen LogP contribution in [-0.2, 0) is 6.42 Å². The molecule has 3 nitrogen and oxygen atoms in total. The van der Waals surface area contributed by atoms with Crippen molar-refractivity contribution < 1.29 is 14.3 Å². The van der Waals surface area contributed by atoms with Crippen LogP contribution in [0.4, 0.5) is 4.39 Å². The van der Waals surface area contributed by atoms with Crippen LogP contribution in [0.3, 0.4) is 0 Å². The highest BCUT2D eigenvalue weighted by Gasteiger charge is 2.32. The zero-order valence-electron chi connectivity index (χ0n) is 11.0. The van der Waals surface area contributed by atoms with E-state index in [9.17, 15) is 14.3 Å². The summed E-state index contributed by atoms with van der Waals surface area (Å²) < 4.78 is 13.8. The van der Waals surface area contributed by atoms with Crippen molar-refractivity contribution in [2.24, 2.45) is 0 Å². The molecule has 2 aromatic rings. The molecule has 0 saturated carbocycles. The lowest BCUT2D eigenvalue weighted by Gasteiger charge is -2.18. The number of amides is 1. The predicted molar refractivity (Wildman–Crippen MR) is 77.8 cm³/mol. The van der Waals surface area contributed by atoms with E-state index in [4.69, 9.17) is 11.6 Å².